The van der Waals surface area contributed by atoms with Crippen molar-refractivity contribution >= 4 is 5.97 Å². The lowest BCUT2D eigenvalue weighted by Crippen LogP contribution is -2.39. The van der Waals surface area contributed by atoms with Crippen LogP contribution in [0.25, 0.3) is 0 Å². The molecule has 1 aliphatic carbocycles. The van der Waals surface area contributed by atoms with Crippen LogP contribution in [0, 0.1) is 11.3 Å². The molecule has 0 aliphatic heterocycles. The summed E-state index contributed by atoms with van der Waals surface area (Å²) in [7, 11) is 0. The Hall–Kier alpha value is -0.610. The molecule has 0 radical (unpaired) electrons. The highest BCUT2D eigenvalue weighted by molar-refractivity contribution is 5.74. The van der Waals surface area contributed by atoms with Crippen molar-refractivity contribution in [1.82, 2.24) is 0 Å². The molecule has 15 heavy (non-hydrogen) atoms. The SMILES string of the molecule is CC1CCC(CC(O)CO)(C(=O)O)CC1. The second-order valence-electron chi connectivity index (χ2n) is 4.81. The summed E-state index contributed by atoms with van der Waals surface area (Å²) < 4.78 is 0. The third kappa shape index (κ3) is 2.92. The average Bonchev–Trinajstić information content (AvgIpc) is 2.21. The smallest absolute Gasteiger partial charge is 0.309 e. The lowest BCUT2D eigenvalue weighted by molar-refractivity contribution is -0.154. The fourth-order valence-electron chi connectivity index (χ4n) is 2.34. The summed E-state index contributed by atoms with van der Waals surface area (Å²) in [5.41, 5.74) is -0.811. The van der Waals surface area contributed by atoms with E-state index in [1.54, 1.807) is 0 Å². The van der Waals surface area contributed by atoms with Crippen molar-refractivity contribution < 1.29 is 20.1 Å². The number of hydrogen-bond donors (Lipinski definition) is 3. The highest BCUT2D eigenvalue weighted by Gasteiger charge is 2.42. The largest absolute Gasteiger partial charge is 0.481 e. The van der Waals surface area contributed by atoms with E-state index in [-0.39, 0.29) is 13.0 Å². The Balaban J connectivity index is 2.67. The minimum Gasteiger partial charge on any atom is -0.481 e. The van der Waals surface area contributed by atoms with E-state index in [0.29, 0.717) is 18.8 Å². The first-order valence-electron chi connectivity index (χ1n) is 5.52. The van der Waals surface area contributed by atoms with E-state index in [1.807, 2.05) is 0 Å². The van der Waals surface area contributed by atoms with Crippen LogP contribution in [0.15, 0.2) is 0 Å². The van der Waals surface area contributed by atoms with Crippen molar-refractivity contribution in [2.75, 3.05) is 6.61 Å². The molecule has 0 aromatic rings. The summed E-state index contributed by atoms with van der Waals surface area (Å²) in [6.45, 7) is 1.76. The van der Waals surface area contributed by atoms with Gasteiger partial charge in [-0.15, -0.1) is 0 Å². The Labute approximate surface area is 89.9 Å². The van der Waals surface area contributed by atoms with Gasteiger partial charge in [0.25, 0.3) is 0 Å². The topological polar surface area (TPSA) is 77.8 Å². The molecule has 0 bridgehead atoms. The van der Waals surface area contributed by atoms with Gasteiger partial charge >= 0.3 is 5.97 Å². The van der Waals surface area contributed by atoms with Gasteiger partial charge in [-0.3, -0.25) is 4.79 Å². The molecule has 4 nitrogen and oxygen atoms in total. The molecule has 1 rings (SSSR count). The summed E-state index contributed by atoms with van der Waals surface area (Å²) in [4.78, 5) is 11.2. The minimum absolute atomic E-state index is 0.172. The van der Waals surface area contributed by atoms with Gasteiger partial charge in [-0.25, -0.2) is 0 Å². The Morgan fingerprint density at radius 3 is 2.40 bits per heavy atom. The summed E-state index contributed by atoms with van der Waals surface area (Å²) in [5, 5.41) is 27.4. The highest BCUT2D eigenvalue weighted by Crippen LogP contribution is 2.42. The molecule has 0 aromatic carbocycles. The fraction of sp³-hybridized carbons (Fsp3) is 0.909. The van der Waals surface area contributed by atoms with E-state index in [1.165, 1.54) is 0 Å². The Kier molecular flexibility index (Phi) is 4.11. The maximum Gasteiger partial charge on any atom is 0.309 e. The van der Waals surface area contributed by atoms with Crippen LogP contribution in [-0.2, 0) is 4.79 Å². The predicted molar refractivity (Wildman–Crippen MR) is 55.4 cm³/mol. The number of carboxylic acids is 1. The Morgan fingerprint density at radius 2 is 2.00 bits per heavy atom. The fourth-order valence-corrected chi connectivity index (χ4v) is 2.34. The quantitative estimate of drug-likeness (QED) is 0.655. The number of aliphatic hydroxyl groups is 2. The number of carbonyl (C=O) groups is 1. The van der Waals surface area contributed by atoms with E-state index >= 15 is 0 Å². The van der Waals surface area contributed by atoms with Crippen LogP contribution in [0.2, 0.25) is 0 Å². The Bertz CT molecular complexity index is 219. The number of rotatable bonds is 4. The lowest BCUT2D eigenvalue weighted by Gasteiger charge is -2.36. The van der Waals surface area contributed by atoms with E-state index in [4.69, 9.17) is 5.11 Å². The molecule has 4 heteroatoms. The first kappa shape index (κ1) is 12.5. The first-order chi connectivity index (χ1) is 7.00. The molecule has 0 heterocycles. The molecule has 88 valence electrons. The first-order valence-corrected chi connectivity index (χ1v) is 5.52. The molecular weight excluding hydrogens is 196 g/mol. The van der Waals surface area contributed by atoms with Crippen LogP contribution < -0.4 is 0 Å². The second-order valence-corrected chi connectivity index (χ2v) is 4.81. The monoisotopic (exact) mass is 216 g/mol. The van der Waals surface area contributed by atoms with Gasteiger partial charge in [0, 0.05) is 0 Å². The van der Waals surface area contributed by atoms with Crippen molar-refractivity contribution in [3.63, 3.8) is 0 Å². The van der Waals surface area contributed by atoms with Crippen LogP contribution in [0.3, 0.4) is 0 Å². The minimum atomic E-state index is -0.908. The van der Waals surface area contributed by atoms with Gasteiger partial charge in [-0.05, 0) is 38.0 Å². The molecule has 0 amide bonds. The van der Waals surface area contributed by atoms with Gasteiger partial charge in [0.1, 0.15) is 0 Å². The van der Waals surface area contributed by atoms with Gasteiger partial charge in [-0.2, -0.15) is 0 Å². The van der Waals surface area contributed by atoms with E-state index in [2.05, 4.69) is 6.92 Å². The average molecular weight is 216 g/mol. The number of aliphatic carboxylic acids is 1. The molecule has 1 fully saturated rings. The van der Waals surface area contributed by atoms with E-state index in [0.717, 1.165) is 12.8 Å². The molecule has 0 aromatic heterocycles. The van der Waals surface area contributed by atoms with Crippen LogP contribution in [0.4, 0.5) is 0 Å². The molecule has 1 unspecified atom stereocenters. The number of carboxylic acid groups (broad SMARTS) is 1. The van der Waals surface area contributed by atoms with Crippen LogP contribution in [-0.4, -0.2) is 34.0 Å². The zero-order valence-electron chi connectivity index (χ0n) is 9.15. The van der Waals surface area contributed by atoms with Crippen LogP contribution >= 0.6 is 0 Å². The maximum absolute atomic E-state index is 11.2. The van der Waals surface area contributed by atoms with Crippen molar-refractivity contribution in [3.8, 4) is 0 Å². The van der Waals surface area contributed by atoms with Crippen LogP contribution in [0.5, 0.6) is 0 Å². The highest BCUT2D eigenvalue weighted by atomic mass is 16.4. The maximum atomic E-state index is 11.2. The zero-order valence-corrected chi connectivity index (χ0v) is 9.15. The van der Waals surface area contributed by atoms with Gasteiger partial charge in [0.15, 0.2) is 0 Å². The van der Waals surface area contributed by atoms with Gasteiger partial charge < -0.3 is 15.3 Å². The van der Waals surface area contributed by atoms with Crippen molar-refractivity contribution in [1.29, 1.82) is 0 Å². The molecule has 0 spiro atoms. The predicted octanol–water partition coefficient (Wildman–Crippen LogP) is 1.01. The van der Waals surface area contributed by atoms with E-state index in [9.17, 15) is 15.0 Å². The number of aliphatic hydroxyl groups excluding tert-OH is 2. The standard InChI is InChI=1S/C11H20O4/c1-8-2-4-11(5-3-8,10(14)15)6-9(13)7-12/h8-9,12-13H,2-7H2,1H3,(H,14,15). The van der Waals surface area contributed by atoms with Crippen molar-refractivity contribution in [2.45, 2.75) is 45.1 Å². The second kappa shape index (κ2) is 4.94. The molecule has 3 N–H and O–H groups in total. The molecule has 1 atom stereocenters. The summed E-state index contributed by atoms with van der Waals surface area (Å²) in [5.74, 6) is -0.259. The molecule has 1 saturated carbocycles. The summed E-state index contributed by atoms with van der Waals surface area (Å²) in [6, 6.07) is 0. The van der Waals surface area contributed by atoms with E-state index < -0.39 is 17.5 Å². The van der Waals surface area contributed by atoms with Crippen LogP contribution in [0.1, 0.15) is 39.0 Å². The number of hydrogen-bond acceptors (Lipinski definition) is 3. The molecule has 1 aliphatic rings. The Morgan fingerprint density at radius 1 is 1.47 bits per heavy atom. The van der Waals surface area contributed by atoms with Gasteiger partial charge in [-0.1, -0.05) is 6.92 Å². The molecule has 0 saturated heterocycles. The van der Waals surface area contributed by atoms with Gasteiger partial charge in [0.05, 0.1) is 18.1 Å². The summed E-state index contributed by atoms with van der Waals surface area (Å²) in [6.07, 6.45) is 2.27. The summed E-state index contributed by atoms with van der Waals surface area (Å²) >= 11 is 0. The third-order valence-corrected chi connectivity index (χ3v) is 3.52. The third-order valence-electron chi connectivity index (χ3n) is 3.52. The van der Waals surface area contributed by atoms with Gasteiger partial charge in [0.2, 0.25) is 0 Å². The lowest BCUT2D eigenvalue weighted by atomic mass is 9.68. The van der Waals surface area contributed by atoms with Crippen molar-refractivity contribution in [2.24, 2.45) is 11.3 Å². The zero-order chi connectivity index (χ0) is 11.5. The normalized spacial score (nSPS) is 33.7. The van der Waals surface area contributed by atoms with Crippen molar-refractivity contribution in [3.05, 3.63) is 0 Å². The molecular formula is C11H20O4.